The Balaban J connectivity index is -0.000000218. The van der Waals surface area contributed by atoms with Gasteiger partial charge in [-0.25, -0.2) is 17.6 Å². The van der Waals surface area contributed by atoms with E-state index in [0.29, 0.717) is 6.08 Å². The second-order valence-corrected chi connectivity index (χ2v) is 3.06. The monoisotopic (exact) mass is 316 g/mol. The molecule has 0 heterocycles. The van der Waals surface area contributed by atoms with Crippen LogP contribution in [0.15, 0.2) is 37.5 Å². The van der Waals surface area contributed by atoms with Crippen molar-refractivity contribution in [3.8, 4) is 0 Å². The fourth-order valence-corrected chi connectivity index (χ4v) is 0.259. The van der Waals surface area contributed by atoms with Gasteiger partial charge in [0, 0.05) is 13.0 Å². The molecule has 0 fully saturated rings. The number of halogens is 9. The van der Waals surface area contributed by atoms with Crippen molar-refractivity contribution in [2.75, 3.05) is 0 Å². The largest absolute Gasteiger partial charge is 0.392 e. The molecule has 0 N–H and O–H groups in total. The summed E-state index contributed by atoms with van der Waals surface area (Å²) in [7, 11) is 0. The van der Waals surface area contributed by atoms with Crippen LogP contribution in [-0.2, 0) is 0 Å². The topological polar surface area (TPSA) is 0 Å². The summed E-state index contributed by atoms with van der Waals surface area (Å²) in [6.07, 6.45) is -9.32. The number of rotatable bonds is 3. The first-order valence-electron chi connectivity index (χ1n) is 4.75. The minimum atomic E-state index is -4.07. The molecule has 120 valence electrons. The molecule has 0 aliphatic rings. The lowest BCUT2D eigenvalue weighted by atomic mass is 10.4. The summed E-state index contributed by atoms with van der Waals surface area (Å²) in [5, 5.41) is 0. The standard InChI is InChI=1S/C4H5F3.C4H6F2.C3H2F4/c1-2-3-4(5,6)7;1-3-4(2,5)6;4-2(5)1-3(6)7/h2H,1,3H2;3H,1H2,2H3;1-2H. The zero-order valence-electron chi connectivity index (χ0n) is 10.3. The Bertz CT molecular complexity index is 279. The molecule has 0 radical (unpaired) electrons. The fraction of sp³-hybridized carbons (Fsp3) is 0.455. The highest BCUT2D eigenvalue weighted by Gasteiger charge is 2.23. The van der Waals surface area contributed by atoms with Crippen LogP contribution < -0.4 is 0 Å². The molecule has 0 aliphatic heterocycles. The summed E-state index contributed by atoms with van der Waals surface area (Å²) >= 11 is 0. The Hall–Kier alpha value is -1.41. The maximum Gasteiger partial charge on any atom is 0.392 e. The van der Waals surface area contributed by atoms with Crippen LogP contribution in [0.1, 0.15) is 13.3 Å². The molecule has 20 heavy (non-hydrogen) atoms. The van der Waals surface area contributed by atoms with E-state index in [-0.39, 0.29) is 0 Å². The van der Waals surface area contributed by atoms with Gasteiger partial charge < -0.3 is 0 Å². The van der Waals surface area contributed by atoms with Crippen molar-refractivity contribution < 1.29 is 39.5 Å². The van der Waals surface area contributed by atoms with Crippen molar-refractivity contribution in [2.24, 2.45) is 0 Å². The molecule has 0 unspecified atom stereocenters. The highest BCUT2D eigenvalue weighted by atomic mass is 19.4. The van der Waals surface area contributed by atoms with Crippen molar-refractivity contribution in [2.45, 2.75) is 31.9 Å². The number of allylic oxidation sites excluding steroid dienone is 3. The minimum Gasteiger partial charge on any atom is -0.205 e. The third-order valence-electron chi connectivity index (χ3n) is 0.986. The van der Waals surface area contributed by atoms with Gasteiger partial charge in [-0.05, 0) is 6.08 Å². The van der Waals surface area contributed by atoms with E-state index in [1.54, 1.807) is 0 Å². The first kappa shape index (κ1) is 23.7. The van der Waals surface area contributed by atoms with E-state index in [4.69, 9.17) is 0 Å². The summed E-state index contributed by atoms with van der Waals surface area (Å²) in [6.45, 7) is 6.60. The van der Waals surface area contributed by atoms with Crippen LogP contribution in [0.4, 0.5) is 39.5 Å². The average Bonchev–Trinajstić information content (AvgIpc) is 2.14. The molecule has 0 saturated carbocycles. The Morgan fingerprint density at radius 1 is 1.05 bits per heavy atom. The van der Waals surface area contributed by atoms with Gasteiger partial charge in [0.2, 0.25) is 0 Å². The van der Waals surface area contributed by atoms with Crippen molar-refractivity contribution in [1.29, 1.82) is 0 Å². The number of alkyl halides is 7. The predicted molar refractivity (Wildman–Crippen MR) is 58.0 cm³/mol. The van der Waals surface area contributed by atoms with E-state index in [9.17, 15) is 39.5 Å². The smallest absolute Gasteiger partial charge is 0.205 e. The molecule has 0 aromatic heterocycles. The molecular formula is C11H13F9. The van der Waals surface area contributed by atoms with E-state index >= 15 is 0 Å². The van der Waals surface area contributed by atoms with Crippen LogP contribution in [0, 0.1) is 0 Å². The highest BCUT2D eigenvalue weighted by molar-refractivity contribution is 4.82. The zero-order chi connectivity index (χ0) is 17.0. The van der Waals surface area contributed by atoms with Crippen LogP contribution in [-0.4, -0.2) is 18.5 Å². The van der Waals surface area contributed by atoms with Gasteiger partial charge in [0.05, 0.1) is 6.42 Å². The summed E-state index contributed by atoms with van der Waals surface area (Å²) in [5.41, 5.74) is 0. The molecule has 0 nitrogen and oxygen atoms in total. The average molecular weight is 316 g/mol. The van der Waals surface area contributed by atoms with Crippen molar-refractivity contribution in [3.05, 3.63) is 37.5 Å². The molecule has 0 rings (SSSR count). The predicted octanol–water partition coefficient (Wildman–Crippen LogP) is 5.98. The Labute approximate surface area is 110 Å². The van der Waals surface area contributed by atoms with Crippen molar-refractivity contribution in [1.82, 2.24) is 0 Å². The van der Waals surface area contributed by atoms with Gasteiger partial charge in [0.1, 0.15) is 0 Å². The summed E-state index contributed by atoms with van der Waals surface area (Å²) in [5.74, 6) is -2.69. The first-order chi connectivity index (χ1) is 8.75. The maximum absolute atomic E-state index is 11.3. The SMILES string of the molecule is C=CC(C)(F)F.C=CCC(F)(F)F.FC(F)=CC(F)F. The van der Waals surface area contributed by atoms with Crippen LogP contribution in [0.25, 0.3) is 0 Å². The number of hydrogen-bond acceptors (Lipinski definition) is 0. The molecule has 0 bridgehead atoms. The quantitative estimate of drug-likeness (QED) is 0.443. The molecule has 0 saturated heterocycles. The molecule has 0 atom stereocenters. The third-order valence-corrected chi connectivity index (χ3v) is 0.986. The maximum atomic E-state index is 11.3. The first-order valence-corrected chi connectivity index (χ1v) is 4.75. The normalized spacial score (nSPS) is 10.6. The molecule has 0 aromatic rings. The van der Waals surface area contributed by atoms with Gasteiger partial charge >= 0.3 is 6.18 Å². The van der Waals surface area contributed by atoms with Crippen LogP contribution in [0.5, 0.6) is 0 Å². The Morgan fingerprint density at radius 2 is 1.40 bits per heavy atom. The van der Waals surface area contributed by atoms with Gasteiger partial charge in [0.25, 0.3) is 18.4 Å². The lowest BCUT2D eigenvalue weighted by Crippen LogP contribution is -2.03. The van der Waals surface area contributed by atoms with Gasteiger partial charge in [0.15, 0.2) is 0 Å². The van der Waals surface area contributed by atoms with E-state index < -0.39 is 37.1 Å². The second-order valence-electron chi connectivity index (χ2n) is 3.06. The van der Waals surface area contributed by atoms with E-state index in [1.807, 2.05) is 0 Å². The number of hydrogen-bond donors (Lipinski definition) is 0. The van der Waals surface area contributed by atoms with Crippen LogP contribution >= 0.6 is 0 Å². The minimum absolute atomic E-state index is 0.417. The van der Waals surface area contributed by atoms with Gasteiger partial charge in [-0.15, -0.1) is 6.58 Å². The molecule has 0 spiro atoms. The summed E-state index contributed by atoms with van der Waals surface area (Å²) in [4.78, 5) is 0. The summed E-state index contributed by atoms with van der Waals surface area (Å²) in [6, 6.07) is 0. The lowest BCUT2D eigenvalue weighted by Gasteiger charge is -1.97. The van der Waals surface area contributed by atoms with Crippen LogP contribution in [0.2, 0.25) is 0 Å². The van der Waals surface area contributed by atoms with E-state index in [1.165, 1.54) is 0 Å². The highest BCUT2D eigenvalue weighted by Crippen LogP contribution is 2.18. The Kier molecular flexibility index (Phi) is 13.5. The molecule has 9 heteroatoms. The summed E-state index contributed by atoms with van der Waals surface area (Å²) < 4.78 is 98.4. The van der Waals surface area contributed by atoms with Crippen molar-refractivity contribution in [3.63, 3.8) is 0 Å². The Morgan fingerprint density at radius 3 is 1.40 bits per heavy atom. The van der Waals surface area contributed by atoms with Crippen LogP contribution in [0.3, 0.4) is 0 Å². The van der Waals surface area contributed by atoms with Gasteiger partial charge in [-0.1, -0.05) is 12.7 Å². The molecular weight excluding hydrogens is 303 g/mol. The van der Waals surface area contributed by atoms with Gasteiger partial charge in [-0.2, -0.15) is 22.0 Å². The van der Waals surface area contributed by atoms with E-state index in [2.05, 4.69) is 13.2 Å². The van der Waals surface area contributed by atoms with E-state index in [0.717, 1.165) is 13.0 Å². The molecule has 0 amide bonds. The van der Waals surface area contributed by atoms with Crippen molar-refractivity contribution >= 4 is 0 Å². The lowest BCUT2D eigenvalue weighted by molar-refractivity contribution is -0.124. The third kappa shape index (κ3) is 43.8. The fourth-order valence-electron chi connectivity index (χ4n) is 0.259. The molecule has 0 aromatic carbocycles. The molecule has 0 aliphatic carbocycles. The van der Waals surface area contributed by atoms with Gasteiger partial charge in [-0.3, -0.25) is 0 Å². The second kappa shape index (κ2) is 11.4. The zero-order valence-corrected chi connectivity index (χ0v) is 10.3.